The van der Waals surface area contributed by atoms with E-state index in [9.17, 15) is 8.42 Å². The van der Waals surface area contributed by atoms with Crippen LogP contribution in [-0.4, -0.2) is 17.4 Å². The van der Waals surface area contributed by atoms with Crippen LogP contribution in [0.25, 0.3) is 11.0 Å². The number of benzene rings is 1. The summed E-state index contributed by atoms with van der Waals surface area (Å²) in [7, 11) is -3.65. The molecule has 1 aromatic carbocycles. The molecule has 96 valence electrons. The lowest BCUT2D eigenvalue weighted by Gasteiger charge is -2.07. The van der Waals surface area contributed by atoms with Gasteiger partial charge in [-0.3, -0.25) is 4.98 Å². The largest absolute Gasteiger partial charge is 0.268 e. The SMILES string of the molecule is O=S(=O)(c1ccccc1)n1ccc2nccc(Cl)c21. The zero-order chi connectivity index (χ0) is 13.5. The van der Waals surface area contributed by atoms with E-state index in [4.69, 9.17) is 11.6 Å². The first-order valence-electron chi connectivity index (χ1n) is 5.53. The van der Waals surface area contributed by atoms with Crippen LogP contribution in [0.4, 0.5) is 0 Å². The van der Waals surface area contributed by atoms with Crippen molar-refractivity contribution in [3.05, 3.63) is 59.9 Å². The van der Waals surface area contributed by atoms with E-state index in [1.54, 1.807) is 48.7 Å². The molecule has 0 N–H and O–H groups in total. The average molecular weight is 293 g/mol. The Morgan fingerprint density at radius 1 is 1.05 bits per heavy atom. The molecule has 0 spiro atoms. The van der Waals surface area contributed by atoms with Crippen LogP contribution >= 0.6 is 11.6 Å². The first kappa shape index (κ1) is 12.2. The number of hydrogen-bond acceptors (Lipinski definition) is 3. The third-order valence-corrected chi connectivity index (χ3v) is 4.79. The molecule has 19 heavy (non-hydrogen) atoms. The predicted octanol–water partition coefficient (Wildman–Crippen LogP) is 2.93. The summed E-state index contributed by atoms with van der Waals surface area (Å²) in [5.74, 6) is 0. The molecule has 2 aromatic heterocycles. The molecule has 4 nitrogen and oxygen atoms in total. The van der Waals surface area contributed by atoms with Crippen LogP contribution in [-0.2, 0) is 10.0 Å². The molecule has 0 saturated carbocycles. The summed E-state index contributed by atoms with van der Waals surface area (Å²) >= 11 is 6.07. The van der Waals surface area contributed by atoms with Gasteiger partial charge in [0.2, 0.25) is 0 Å². The van der Waals surface area contributed by atoms with E-state index < -0.39 is 10.0 Å². The van der Waals surface area contributed by atoms with Crippen LogP contribution in [0.2, 0.25) is 5.02 Å². The van der Waals surface area contributed by atoms with Gasteiger partial charge in [0, 0.05) is 12.4 Å². The molecule has 3 rings (SSSR count). The Labute approximate surface area is 115 Å². The van der Waals surface area contributed by atoms with Crippen molar-refractivity contribution in [2.75, 3.05) is 0 Å². The molecule has 3 aromatic rings. The summed E-state index contributed by atoms with van der Waals surface area (Å²) in [6.45, 7) is 0. The highest BCUT2D eigenvalue weighted by Gasteiger charge is 2.20. The Hall–Kier alpha value is -1.85. The minimum absolute atomic E-state index is 0.215. The van der Waals surface area contributed by atoms with Gasteiger partial charge in [-0.05, 0) is 24.3 Å². The molecule has 6 heteroatoms. The highest BCUT2D eigenvalue weighted by atomic mass is 35.5. The van der Waals surface area contributed by atoms with Crippen molar-refractivity contribution in [3.63, 3.8) is 0 Å². The topological polar surface area (TPSA) is 52.0 Å². The van der Waals surface area contributed by atoms with E-state index in [0.717, 1.165) is 3.97 Å². The van der Waals surface area contributed by atoms with Crippen LogP contribution in [0.15, 0.2) is 59.8 Å². The third-order valence-electron chi connectivity index (χ3n) is 2.79. The van der Waals surface area contributed by atoms with E-state index >= 15 is 0 Å². The maximum Gasteiger partial charge on any atom is 0.268 e. The second-order valence-electron chi connectivity index (χ2n) is 3.96. The first-order valence-corrected chi connectivity index (χ1v) is 7.35. The lowest BCUT2D eigenvalue weighted by Crippen LogP contribution is -2.11. The highest BCUT2D eigenvalue weighted by Crippen LogP contribution is 2.26. The van der Waals surface area contributed by atoms with Gasteiger partial charge in [0.25, 0.3) is 10.0 Å². The number of nitrogens with zero attached hydrogens (tertiary/aromatic N) is 2. The van der Waals surface area contributed by atoms with E-state index in [-0.39, 0.29) is 4.90 Å². The molecule has 0 bridgehead atoms. The summed E-state index contributed by atoms with van der Waals surface area (Å²) < 4.78 is 26.2. The van der Waals surface area contributed by atoms with E-state index in [0.29, 0.717) is 16.1 Å². The molecule has 2 heterocycles. The number of pyridine rings is 1. The van der Waals surface area contributed by atoms with Crippen molar-refractivity contribution in [3.8, 4) is 0 Å². The summed E-state index contributed by atoms with van der Waals surface area (Å²) in [6.07, 6.45) is 3.01. The smallest absolute Gasteiger partial charge is 0.254 e. The van der Waals surface area contributed by atoms with Crippen molar-refractivity contribution >= 4 is 32.7 Å². The summed E-state index contributed by atoms with van der Waals surface area (Å²) in [5, 5.41) is 0.356. The van der Waals surface area contributed by atoms with Gasteiger partial charge in [-0.2, -0.15) is 0 Å². The molecule has 0 atom stereocenters. The fourth-order valence-corrected chi connectivity index (χ4v) is 3.58. The highest BCUT2D eigenvalue weighted by molar-refractivity contribution is 7.90. The number of fused-ring (bicyclic) bond motifs is 1. The lowest BCUT2D eigenvalue weighted by molar-refractivity contribution is 0.589. The fraction of sp³-hybridized carbons (Fsp3) is 0. The number of rotatable bonds is 2. The number of halogens is 1. The van der Waals surface area contributed by atoms with Gasteiger partial charge in [0.1, 0.15) is 5.52 Å². The van der Waals surface area contributed by atoms with Gasteiger partial charge in [0.15, 0.2) is 0 Å². The molecule has 0 fully saturated rings. The molecule has 0 aliphatic heterocycles. The zero-order valence-corrected chi connectivity index (χ0v) is 11.3. The fourth-order valence-electron chi connectivity index (χ4n) is 1.90. The Bertz CT molecular complexity index is 841. The monoisotopic (exact) mass is 292 g/mol. The average Bonchev–Trinajstić information content (AvgIpc) is 2.86. The maximum atomic E-state index is 12.5. The standard InChI is InChI=1S/C13H9ClN2O2S/c14-11-6-8-15-12-7-9-16(13(11)12)19(17,18)10-4-2-1-3-5-10/h1-9H. The van der Waals surface area contributed by atoms with E-state index in [1.165, 1.54) is 6.20 Å². The van der Waals surface area contributed by atoms with Crippen molar-refractivity contribution < 1.29 is 8.42 Å². The van der Waals surface area contributed by atoms with Gasteiger partial charge in [-0.15, -0.1) is 0 Å². The van der Waals surface area contributed by atoms with Gasteiger partial charge >= 0.3 is 0 Å². The van der Waals surface area contributed by atoms with Crippen LogP contribution in [0.1, 0.15) is 0 Å². The minimum atomic E-state index is -3.65. The molecule has 0 aliphatic rings. The van der Waals surface area contributed by atoms with Crippen molar-refractivity contribution in [1.82, 2.24) is 8.96 Å². The molecule has 0 amide bonds. The van der Waals surface area contributed by atoms with Gasteiger partial charge in [0.05, 0.1) is 15.4 Å². The first-order chi connectivity index (χ1) is 9.10. The van der Waals surface area contributed by atoms with Crippen molar-refractivity contribution in [2.45, 2.75) is 4.90 Å². The van der Waals surface area contributed by atoms with Crippen molar-refractivity contribution in [2.24, 2.45) is 0 Å². The minimum Gasteiger partial charge on any atom is -0.254 e. The Balaban J connectivity index is 2.31. The van der Waals surface area contributed by atoms with E-state index in [1.807, 2.05) is 0 Å². The molecular weight excluding hydrogens is 284 g/mol. The third kappa shape index (κ3) is 1.91. The maximum absolute atomic E-state index is 12.5. The second kappa shape index (κ2) is 4.36. The summed E-state index contributed by atoms with van der Waals surface area (Å²) in [4.78, 5) is 4.32. The van der Waals surface area contributed by atoms with Crippen LogP contribution in [0, 0.1) is 0 Å². The molecule has 0 unspecified atom stereocenters. The zero-order valence-electron chi connectivity index (χ0n) is 9.69. The van der Waals surface area contributed by atoms with Gasteiger partial charge in [-0.25, -0.2) is 12.4 Å². The molecule has 0 saturated heterocycles. The Kier molecular flexibility index (Phi) is 2.80. The number of hydrogen-bond donors (Lipinski definition) is 0. The van der Waals surface area contributed by atoms with Gasteiger partial charge in [-0.1, -0.05) is 29.8 Å². The molecule has 0 radical (unpaired) electrons. The normalized spacial score (nSPS) is 11.8. The van der Waals surface area contributed by atoms with Gasteiger partial charge < -0.3 is 0 Å². The lowest BCUT2D eigenvalue weighted by atomic mass is 10.4. The van der Waals surface area contributed by atoms with Crippen LogP contribution in [0.3, 0.4) is 0 Å². The summed E-state index contributed by atoms with van der Waals surface area (Å²) in [5.41, 5.74) is 0.944. The molecule has 0 aliphatic carbocycles. The second-order valence-corrected chi connectivity index (χ2v) is 6.18. The number of aromatic nitrogens is 2. The Morgan fingerprint density at radius 3 is 2.53 bits per heavy atom. The molecular formula is C13H9ClN2O2S. The van der Waals surface area contributed by atoms with Crippen LogP contribution < -0.4 is 0 Å². The summed E-state index contributed by atoms with van der Waals surface area (Å²) in [6, 6.07) is 11.4. The predicted molar refractivity (Wildman–Crippen MR) is 73.8 cm³/mol. The quantitative estimate of drug-likeness (QED) is 0.730. The van der Waals surface area contributed by atoms with Crippen LogP contribution in [0.5, 0.6) is 0 Å². The van der Waals surface area contributed by atoms with Crippen molar-refractivity contribution in [1.29, 1.82) is 0 Å². The van der Waals surface area contributed by atoms with E-state index in [2.05, 4.69) is 4.98 Å². The Morgan fingerprint density at radius 2 is 1.79 bits per heavy atom.